The molecule has 0 aliphatic heterocycles. The number of nitrogens with one attached hydrogen (secondary N) is 2. The van der Waals surface area contributed by atoms with Crippen molar-refractivity contribution in [3.05, 3.63) is 54.0 Å². The van der Waals surface area contributed by atoms with E-state index in [9.17, 15) is 9.90 Å². The minimum Gasteiger partial charge on any atom is -0.467 e. The lowest BCUT2D eigenvalue weighted by Gasteiger charge is -2.17. The van der Waals surface area contributed by atoms with E-state index in [0.717, 1.165) is 11.3 Å². The van der Waals surface area contributed by atoms with Crippen LogP contribution in [0.2, 0.25) is 0 Å². The van der Waals surface area contributed by atoms with Crippen molar-refractivity contribution < 1.29 is 14.3 Å². The summed E-state index contributed by atoms with van der Waals surface area (Å²) in [7, 11) is 0. The van der Waals surface area contributed by atoms with Gasteiger partial charge in [0.15, 0.2) is 0 Å². The number of aliphatic hydroxyl groups is 1. The molecule has 1 aromatic carbocycles. The zero-order chi connectivity index (χ0) is 17.5. The molecule has 0 aliphatic rings. The average molecular weight is 330 g/mol. The molecule has 0 bridgehead atoms. The molecule has 1 heterocycles. The second-order valence-corrected chi connectivity index (χ2v) is 6.33. The van der Waals surface area contributed by atoms with Crippen LogP contribution in [0.5, 0.6) is 0 Å². The van der Waals surface area contributed by atoms with Gasteiger partial charge in [-0.25, -0.2) is 0 Å². The molecule has 1 aromatic heterocycles. The van der Waals surface area contributed by atoms with Gasteiger partial charge in [0, 0.05) is 24.7 Å². The number of aliphatic hydroxyl groups excluding tert-OH is 1. The highest BCUT2D eigenvalue weighted by Crippen LogP contribution is 2.23. The fourth-order valence-electron chi connectivity index (χ4n) is 2.56. The Bertz CT molecular complexity index is 638. The first-order valence-corrected chi connectivity index (χ1v) is 8.31. The summed E-state index contributed by atoms with van der Waals surface area (Å²) in [6.45, 7) is 6.46. The molecule has 0 fully saturated rings. The lowest BCUT2D eigenvalue weighted by Crippen LogP contribution is -2.33. The molecule has 0 saturated carbocycles. The Morgan fingerprint density at radius 2 is 1.92 bits per heavy atom. The largest absolute Gasteiger partial charge is 0.467 e. The molecular formula is C19H26N2O3. The number of para-hydroxylation sites is 1. The number of anilines is 1. The molecule has 0 radical (unpaired) electrons. The Morgan fingerprint density at radius 1 is 1.17 bits per heavy atom. The monoisotopic (exact) mass is 330 g/mol. The van der Waals surface area contributed by atoms with E-state index < -0.39 is 6.10 Å². The number of carbonyl (C=O) groups excluding carboxylic acids is 1. The first-order chi connectivity index (χ1) is 11.5. The van der Waals surface area contributed by atoms with Crippen LogP contribution in [0.3, 0.4) is 0 Å². The van der Waals surface area contributed by atoms with Crippen LogP contribution in [0, 0.1) is 0 Å². The van der Waals surface area contributed by atoms with Crippen molar-refractivity contribution >= 4 is 11.6 Å². The second kappa shape index (κ2) is 8.66. The molecule has 5 heteroatoms. The lowest BCUT2D eigenvalue weighted by molar-refractivity contribution is -0.116. The fraction of sp³-hybridized carbons (Fsp3) is 0.421. The molecule has 0 aliphatic carbocycles. The lowest BCUT2D eigenvalue weighted by atomic mass is 10.0. The van der Waals surface area contributed by atoms with E-state index in [1.54, 1.807) is 12.1 Å². The van der Waals surface area contributed by atoms with Crippen molar-refractivity contribution in [1.82, 2.24) is 5.32 Å². The average Bonchev–Trinajstić information content (AvgIpc) is 3.07. The number of rotatable bonds is 8. The van der Waals surface area contributed by atoms with Gasteiger partial charge in [0.1, 0.15) is 11.9 Å². The number of amides is 1. The number of carbonyl (C=O) groups is 1. The van der Waals surface area contributed by atoms with Crippen LogP contribution >= 0.6 is 0 Å². The van der Waals surface area contributed by atoms with Crippen LogP contribution < -0.4 is 10.6 Å². The molecule has 2 unspecified atom stereocenters. The van der Waals surface area contributed by atoms with Gasteiger partial charge in [-0.2, -0.15) is 0 Å². The summed E-state index contributed by atoms with van der Waals surface area (Å²) in [5.74, 6) is 0.820. The van der Waals surface area contributed by atoms with Crippen LogP contribution in [-0.4, -0.2) is 23.6 Å². The van der Waals surface area contributed by atoms with Gasteiger partial charge in [-0.3, -0.25) is 4.79 Å². The normalized spacial score (nSPS) is 13.7. The topological polar surface area (TPSA) is 74.5 Å². The molecule has 24 heavy (non-hydrogen) atoms. The van der Waals surface area contributed by atoms with Crippen molar-refractivity contribution in [1.29, 1.82) is 0 Å². The molecule has 2 atom stereocenters. The van der Waals surface area contributed by atoms with Gasteiger partial charge >= 0.3 is 0 Å². The summed E-state index contributed by atoms with van der Waals surface area (Å²) in [5.41, 5.74) is 1.99. The predicted octanol–water partition coefficient (Wildman–Crippen LogP) is 3.44. The molecule has 2 rings (SSSR count). The molecule has 0 spiro atoms. The summed E-state index contributed by atoms with van der Waals surface area (Å²) >= 11 is 0. The van der Waals surface area contributed by atoms with Gasteiger partial charge in [0.05, 0.1) is 6.26 Å². The van der Waals surface area contributed by atoms with Crippen LogP contribution in [0.1, 0.15) is 50.5 Å². The van der Waals surface area contributed by atoms with E-state index in [-0.39, 0.29) is 11.9 Å². The van der Waals surface area contributed by atoms with E-state index >= 15 is 0 Å². The maximum absolute atomic E-state index is 12.2. The first-order valence-electron chi connectivity index (χ1n) is 8.31. The smallest absolute Gasteiger partial charge is 0.225 e. The van der Waals surface area contributed by atoms with E-state index in [1.807, 2.05) is 31.2 Å². The van der Waals surface area contributed by atoms with Gasteiger partial charge in [0.2, 0.25) is 5.91 Å². The first kappa shape index (κ1) is 18.2. The summed E-state index contributed by atoms with van der Waals surface area (Å²) < 4.78 is 5.15. The molecule has 0 saturated heterocycles. The highest BCUT2D eigenvalue weighted by atomic mass is 16.4. The highest BCUT2D eigenvalue weighted by Gasteiger charge is 2.15. The summed E-state index contributed by atoms with van der Waals surface area (Å²) in [6, 6.07) is 11.3. The third-order valence-electron chi connectivity index (χ3n) is 3.88. The molecule has 1 amide bonds. The standard InChI is InChI=1S/C19H26N2O3/c1-13(2)15-7-4-5-8-16(15)21-19(23)11-14(3)20-12-17(22)18-9-6-10-24-18/h4-10,13-14,17,20,22H,11-12H2,1-3H3,(H,21,23). The van der Waals surface area contributed by atoms with Crippen LogP contribution in [-0.2, 0) is 4.79 Å². The highest BCUT2D eigenvalue weighted by molar-refractivity contribution is 5.91. The SMILES string of the molecule is CC(CC(=O)Nc1ccccc1C(C)C)NCC(O)c1ccco1. The van der Waals surface area contributed by atoms with Gasteiger partial charge in [0.25, 0.3) is 0 Å². The van der Waals surface area contributed by atoms with E-state index in [1.165, 1.54) is 6.26 Å². The maximum Gasteiger partial charge on any atom is 0.225 e. The molecular weight excluding hydrogens is 304 g/mol. The van der Waals surface area contributed by atoms with Crippen molar-refractivity contribution in [3.8, 4) is 0 Å². The number of hydrogen-bond acceptors (Lipinski definition) is 4. The Hall–Kier alpha value is -2.11. The van der Waals surface area contributed by atoms with Crippen molar-refractivity contribution in [3.63, 3.8) is 0 Å². The second-order valence-electron chi connectivity index (χ2n) is 6.33. The number of hydrogen-bond donors (Lipinski definition) is 3. The zero-order valence-corrected chi connectivity index (χ0v) is 14.5. The van der Waals surface area contributed by atoms with Gasteiger partial charge in [-0.1, -0.05) is 32.0 Å². The van der Waals surface area contributed by atoms with Crippen LogP contribution in [0.15, 0.2) is 47.1 Å². The Labute approximate surface area is 143 Å². The van der Waals surface area contributed by atoms with Crippen LogP contribution in [0.25, 0.3) is 0 Å². The molecule has 130 valence electrons. The van der Waals surface area contributed by atoms with Crippen molar-refractivity contribution in [2.45, 2.75) is 45.3 Å². The Morgan fingerprint density at radius 3 is 2.58 bits per heavy atom. The van der Waals surface area contributed by atoms with Gasteiger partial charge in [-0.05, 0) is 36.6 Å². The molecule has 3 N–H and O–H groups in total. The maximum atomic E-state index is 12.2. The van der Waals surface area contributed by atoms with Crippen molar-refractivity contribution in [2.75, 3.05) is 11.9 Å². The number of furan rings is 1. The minimum atomic E-state index is -0.716. The van der Waals surface area contributed by atoms with E-state index in [0.29, 0.717) is 24.6 Å². The van der Waals surface area contributed by atoms with Crippen LogP contribution in [0.4, 0.5) is 5.69 Å². The predicted molar refractivity (Wildman–Crippen MR) is 94.9 cm³/mol. The van der Waals surface area contributed by atoms with Gasteiger partial charge in [-0.15, -0.1) is 0 Å². The molecule has 5 nitrogen and oxygen atoms in total. The van der Waals surface area contributed by atoms with Gasteiger partial charge < -0.3 is 20.2 Å². The number of benzene rings is 1. The summed E-state index contributed by atoms with van der Waals surface area (Å²) in [5, 5.41) is 16.1. The molecule has 2 aromatic rings. The Kier molecular flexibility index (Phi) is 6.58. The zero-order valence-electron chi connectivity index (χ0n) is 14.5. The third kappa shape index (κ3) is 5.22. The third-order valence-corrected chi connectivity index (χ3v) is 3.88. The Balaban J connectivity index is 1.82. The van der Waals surface area contributed by atoms with E-state index in [4.69, 9.17) is 4.42 Å². The van der Waals surface area contributed by atoms with E-state index in [2.05, 4.69) is 24.5 Å². The quantitative estimate of drug-likeness (QED) is 0.693. The fourth-order valence-corrected chi connectivity index (χ4v) is 2.56. The minimum absolute atomic E-state index is 0.0458. The summed E-state index contributed by atoms with van der Waals surface area (Å²) in [6.07, 6.45) is 1.14. The summed E-state index contributed by atoms with van der Waals surface area (Å²) in [4.78, 5) is 12.2. The van der Waals surface area contributed by atoms with Crippen molar-refractivity contribution in [2.24, 2.45) is 0 Å².